The molecule has 0 N–H and O–H groups in total. The number of rotatable bonds is 1. The Balaban J connectivity index is 1.11. The fraction of sp³-hybridized carbons (Fsp3) is 0.0769. The average molecular weight is 691 g/mol. The molecular weight excluding hydrogens is 663 g/mol. The van der Waals surface area contributed by atoms with Gasteiger partial charge in [-0.25, -0.2) is 8.78 Å². The van der Waals surface area contributed by atoms with E-state index in [2.05, 4.69) is 85.0 Å². The van der Waals surface area contributed by atoms with Crippen LogP contribution in [0.25, 0.3) is 99.1 Å². The number of benzene rings is 7. The molecule has 54 heavy (non-hydrogen) atoms. The minimum absolute atomic E-state index is 0.127. The topological polar surface area (TPSA) is 0 Å². The highest BCUT2D eigenvalue weighted by atomic mass is 19.1. The lowest BCUT2D eigenvalue weighted by Crippen LogP contribution is -2.25. The summed E-state index contributed by atoms with van der Waals surface area (Å²) in [6.07, 6.45) is 16.4. The molecule has 2 unspecified atom stereocenters. The smallest absolute Gasteiger partial charge is 0.131 e. The van der Waals surface area contributed by atoms with E-state index in [-0.39, 0.29) is 23.5 Å². The summed E-state index contributed by atoms with van der Waals surface area (Å²) >= 11 is 0. The molecule has 0 aromatic heterocycles. The highest BCUT2D eigenvalue weighted by Crippen LogP contribution is 2.67. The van der Waals surface area contributed by atoms with E-state index in [0.717, 1.165) is 56.6 Å². The first-order chi connectivity index (χ1) is 26.7. The molecule has 0 aliphatic heterocycles. The van der Waals surface area contributed by atoms with Gasteiger partial charge in [-0.05, 0) is 141 Å². The number of hydrogen-bond acceptors (Lipinski definition) is 0. The lowest BCUT2D eigenvalue weighted by atomic mass is 9.63. The van der Waals surface area contributed by atoms with Crippen LogP contribution in [0, 0.1) is 23.5 Å². The van der Waals surface area contributed by atoms with E-state index in [4.69, 9.17) is 0 Å². The lowest BCUT2D eigenvalue weighted by Gasteiger charge is -2.40. The van der Waals surface area contributed by atoms with Crippen molar-refractivity contribution in [3.8, 4) is 33.4 Å². The second-order valence-electron chi connectivity index (χ2n) is 15.9. The van der Waals surface area contributed by atoms with Crippen molar-refractivity contribution in [3.05, 3.63) is 179 Å². The van der Waals surface area contributed by atoms with Crippen molar-refractivity contribution in [1.29, 1.82) is 0 Å². The van der Waals surface area contributed by atoms with E-state index in [0.29, 0.717) is 11.1 Å². The summed E-state index contributed by atoms with van der Waals surface area (Å²) in [6, 6.07) is 32.6. The van der Waals surface area contributed by atoms with Crippen molar-refractivity contribution < 1.29 is 8.78 Å². The Labute approximate surface area is 310 Å². The summed E-state index contributed by atoms with van der Waals surface area (Å²) < 4.78 is 32.3. The summed E-state index contributed by atoms with van der Waals surface area (Å²) in [5, 5.41) is 6.70. The number of fused-ring (bicyclic) bond motifs is 13. The third kappa shape index (κ3) is 3.05. The minimum Gasteiger partial charge on any atom is -0.206 e. The molecule has 0 saturated carbocycles. The fourth-order valence-corrected chi connectivity index (χ4v) is 11.8. The van der Waals surface area contributed by atoms with Gasteiger partial charge in [0.2, 0.25) is 0 Å². The van der Waals surface area contributed by atoms with Crippen LogP contribution >= 0.6 is 0 Å². The van der Waals surface area contributed by atoms with Crippen LogP contribution in [0.1, 0.15) is 46.2 Å². The summed E-state index contributed by atoms with van der Waals surface area (Å²) in [5.41, 5.74) is 21.1. The maximum absolute atomic E-state index is 16.4. The maximum atomic E-state index is 16.4. The Morgan fingerprint density at radius 3 is 1.87 bits per heavy atom. The summed E-state index contributed by atoms with van der Waals surface area (Å²) in [5.74, 6) is -0.182. The number of hydrogen-bond donors (Lipinski definition) is 0. The van der Waals surface area contributed by atoms with E-state index in [1.165, 1.54) is 77.6 Å². The van der Waals surface area contributed by atoms with Gasteiger partial charge in [0.15, 0.2) is 0 Å². The van der Waals surface area contributed by atoms with Crippen LogP contribution in [0.15, 0.2) is 134 Å². The molecule has 7 aromatic carbocycles. The molecule has 0 saturated heterocycles. The molecular formula is C52H28F2. The minimum atomic E-state index is -0.256. The van der Waals surface area contributed by atoms with Crippen LogP contribution in [0.5, 0.6) is 0 Å². The molecule has 0 bridgehead atoms. The molecule has 0 amide bonds. The van der Waals surface area contributed by atoms with E-state index in [1.807, 2.05) is 30.3 Å². The van der Waals surface area contributed by atoms with Gasteiger partial charge in [-0.15, -0.1) is 0 Å². The van der Waals surface area contributed by atoms with Gasteiger partial charge in [-0.3, -0.25) is 0 Å². The van der Waals surface area contributed by atoms with Crippen LogP contribution < -0.4 is 0 Å². The second-order valence-corrected chi connectivity index (χ2v) is 15.9. The number of allylic oxidation sites excluding steroid dienone is 12. The predicted octanol–water partition coefficient (Wildman–Crippen LogP) is 13.8. The SMILES string of the molecule is Fc1ccccc1-c1c2ccccc2c2c3c(c4c(cc13)C1=CC=C3c5ccc6c7c(ccc(c57)C5=CC=C4C1C35)C1=C6C=CCC1)-c1cccc(F)c1-2. The highest BCUT2D eigenvalue weighted by Gasteiger charge is 2.49. The molecule has 7 aliphatic carbocycles. The molecule has 2 atom stereocenters. The monoisotopic (exact) mass is 690 g/mol. The fourth-order valence-electron chi connectivity index (χ4n) is 11.8. The molecule has 0 heterocycles. The molecule has 7 aliphatic rings. The van der Waals surface area contributed by atoms with Crippen LogP contribution in [0.3, 0.4) is 0 Å². The van der Waals surface area contributed by atoms with Crippen molar-refractivity contribution in [1.82, 2.24) is 0 Å². The van der Waals surface area contributed by atoms with Gasteiger partial charge in [0.1, 0.15) is 11.6 Å². The Bertz CT molecular complexity index is 3270. The molecule has 14 rings (SSSR count). The van der Waals surface area contributed by atoms with Crippen LogP contribution in [0.2, 0.25) is 0 Å². The summed E-state index contributed by atoms with van der Waals surface area (Å²) in [6.45, 7) is 0. The van der Waals surface area contributed by atoms with Gasteiger partial charge in [-0.1, -0.05) is 115 Å². The molecule has 0 radical (unpaired) electrons. The van der Waals surface area contributed by atoms with Gasteiger partial charge >= 0.3 is 0 Å². The largest absolute Gasteiger partial charge is 0.206 e. The maximum Gasteiger partial charge on any atom is 0.131 e. The van der Waals surface area contributed by atoms with Crippen LogP contribution in [-0.2, 0) is 0 Å². The van der Waals surface area contributed by atoms with Crippen molar-refractivity contribution >= 4 is 65.8 Å². The van der Waals surface area contributed by atoms with E-state index < -0.39 is 0 Å². The zero-order valence-corrected chi connectivity index (χ0v) is 29.0. The van der Waals surface area contributed by atoms with Crippen molar-refractivity contribution in [2.45, 2.75) is 12.8 Å². The molecule has 250 valence electrons. The molecule has 0 spiro atoms. The first kappa shape index (κ1) is 28.2. The zero-order chi connectivity index (χ0) is 35.1. The normalized spacial score (nSPS) is 19.8. The van der Waals surface area contributed by atoms with Crippen LogP contribution in [-0.4, -0.2) is 0 Å². The average Bonchev–Trinajstić information content (AvgIpc) is 3.85. The first-order valence-corrected chi connectivity index (χ1v) is 19.1. The summed E-state index contributed by atoms with van der Waals surface area (Å²) in [7, 11) is 0. The summed E-state index contributed by atoms with van der Waals surface area (Å²) in [4.78, 5) is 0. The molecule has 2 heteroatoms. The van der Waals surface area contributed by atoms with Crippen molar-refractivity contribution in [2.24, 2.45) is 11.8 Å². The third-order valence-electron chi connectivity index (χ3n) is 13.7. The van der Waals surface area contributed by atoms with Crippen molar-refractivity contribution in [2.75, 3.05) is 0 Å². The van der Waals surface area contributed by atoms with Crippen molar-refractivity contribution in [3.63, 3.8) is 0 Å². The van der Waals surface area contributed by atoms with Gasteiger partial charge in [0.05, 0.1) is 0 Å². The quantitative estimate of drug-likeness (QED) is 0.150. The third-order valence-corrected chi connectivity index (χ3v) is 13.7. The highest BCUT2D eigenvalue weighted by molar-refractivity contribution is 6.32. The van der Waals surface area contributed by atoms with Gasteiger partial charge in [0, 0.05) is 34.1 Å². The molecule has 0 fully saturated rings. The molecule has 0 nitrogen and oxygen atoms in total. The molecule has 7 aromatic rings. The zero-order valence-electron chi connectivity index (χ0n) is 29.0. The Morgan fingerprint density at radius 1 is 0.426 bits per heavy atom. The Morgan fingerprint density at radius 2 is 1.06 bits per heavy atom. The van der Waals surface area contributed by atoms with E-state index >= 15 is 8.78 Å². The van der Waals surface area contributed by atoms with Gasteiger partial charge in [0.25, 0.3) is 0 Å². The second kappa shape index (κ2) is 9.40. The van der Waals surface area contributed by atoms with E-state index in [9.17, 15) is 0 Å². The Hall–Kier alpha value is -6.38. The van der Waals surface area contributed by atoms with Gasteiger partial charge < -0.3 is 0 Å². The standard InChI is InChI=1S/C52H28F2/c53-41-14-6-5-12-36(41)43-27-10-3-4-11-28(27)50-49-37(13-7-15-42(49)54)51-48-38-23-22-34-32-19-17-30-26-9-2-1-8-25(26)29-16-18-31(45(32)44(29)30)33-20-21-35(47(38)46(33)34)39(48)24-40(43)52(50)51/h1,3-8,10-24,46-47H,2,9H2. The lowest BCUT2D eigenvalue weighted by molar-refractivity contribution is 0.631. The first-order valence-electron chi connectivity index (χ1n) is 19.1. The number of halogens is 2. The Kier molecular flexibility index (Phi) is 4.90. The van der Waals surface area contributed by atoms with Crippen LogP contribution in [0.4, 0.5) is 8.78 Å². The van der Waals surface area contributed by atoms with E-state index in [1.54, 1.807) is 18.2 Å². The predicted molar refractivity (Wildman–Crippen MR) is 219 cm³/mol. The van der Waals surface area contributed by atoms with Gasteiger partial charge in [-0.2, -0.15) is 0 Å².